The summed E-state index contributed by atoms with van der Waals surface area (Å²) in [6.07, 6.45) is 4.50. The van der Waals surface area contributed by atoms with Crippen LogP contribution in [0.2, 0.25) is 0 Å². The summed E-state index contributed by atoms with van der Waals surface area (Å²) in [5.74, 6) is 0.755. The Balaban J connectivity index is 2.35. The van der Waals surface area contributed by atoms with Gasteiger partial charge in [0.2, 0.25) is 0 Å². The van der Waals surface area contributed by atoms with Crippen molar-refractivity contribution < 1.29 is 4.74 Å². The van der Waals surface area contributed by atoms with Gasteiger partial charge in [0.15, 0.2) is 0 Å². The van der Waals surface area contributed by atoms with E-state index >= 15 is 0 Å². The Bertz CT molecular complexity index is 217. The van der Waals surface area contributed by atoms with Crippen molar-refractivity contribution in [3.63, 3.8) is 0 Å². The number of rotatable bonds is 3. The van der Waals surface area contributed by atoms with Crippen LogP contribution >= 0.6 is 0 Å². The number of nitrogens with zero attached hydrogens (tertiary/aromatic N) is 1. The molecule has 2 atom stereocenters. The molecule has 0 aromatic rings. The van der Waals surface area contributed by atoms with Crippen molar-refractivity contribution in [2.45, 2.75) is 52.6 Å². The van der Waals surface area contributed by atoms with Crippen molar-refractivity contribution >= 4 is 0 Å². The maximum atomic E-state index is 8.42. The first-order valence-corrected chi connectivity index (χ1v) is 5.52. The number of ether oxygens (including phenoxy) is 1. The van der Waals surface area contributed by atoms with Crippen LogP contribution in [-0.2, 0) is 4.74 Å². The quantitative estimate of drug-likeness (QED) is 0.648. The van der Waals surface area contributed by atoms with Gasteiger partial charge < -0.3 is 4.74 Å². The van der Waals surface area contributed by atoms with E-state index in [-0.39, 0.29) is 0 Å². The van der Waals surface area contributed by atoms with E-state index in [0.717, 1.165) is 18.8 Å². The minimum absolute atomic E-state index is 0.377. The van der Waals surface area contributed by atoms with Crippen LogP contribution in [-0.4, -0.2) is 12.7 Å². The fourth-order valence-corrected chi connectivity index (χ4v) is 2.66. The first-order chi connectivity index (χ1) is 6.53. The number of hydrogen-bond donors (Lipinski definition) is 0. The molecule has 0 aliphatic heterocycles. The van der Waals surface area contributed by atoms with Crippen molar-refractivity contribution in [1.29, 1.82) is 5.26 Å². The second kappa shape index (κ2) is 4.79. The minimum Gasteiger partial charge on any atom is -0.377 e. The summed E-state index contributed by atoms with van der Waals surface area (Å²) >= 11 is 0. The van der Waals surface area contributed by atoms with Crippen LogP contribution in [0.1, 0.15) is 46.5 Å². The van der Waals surface area contributed by atoms with E-state index in [4.69, 9.17) is 10.00 Å². The van der Waals surface area contributed by atoms with E-state index in [1.807, 2.05) is 0 Å². The smallest absolute Gasteiger partial charge is 0.0645 e. The molecule has 2 unspecified atom stereocenters. The van der Waals surface area contributed by atoms with Crippen molar-refractivity contribution in [2.75, 3.05) is 6.61 Å². The molecule has 14 heavy (non-hydrogen) atoms. The first kappa shape index (κ1) is 11.5. The van der Waals surface area contributed by atoms with Crippen molar-refractivity contribution in [2.24, 2.45) is 11.3 Å². The van der Waals surface area contributed by atoms with Gasteiger partial charge in [-0.2, -0.15) is 5.26 Å². The summed E-state index contributed by atoms with van der Waals surface area (Å²) in [4.78, 5) is 0. The third-order valence-electron chi connectivity index (χ3n) is 2.91. The molecule has 1 saturated carbocycles. The van der Waals surface area contributed by atoms with Gasteiger partial charge in [0.25, 0.3) is 0 Å². The molecule has 0 aromatic heterocycles. The topological polar surface area (TPSA) is 33.0 Å². The third-order valence-corrected chi connectivity index (χ3v) is 2.91. The van der Waals surface area contributed by atoms with Gasteiger partial charge in [-0.1, -0.05) is 20.8 Å². The van der Waals surface area contributed by atoms with Crippen LogP contribution in [0.15, 0.2) is 0 Å². The van der Waals surface area contributed by atoms with Gasteiger partial charge in [0.05, 0.1) is 25.2 Å². The predicted octanol–water partition coefficient (Wildman–Crippen LogP) is 3.13. The average molecular weight is 195 g/mol. The van der Waals surface area contributed by atoms with Gasteiger partial charge in [0.1, 0.15) is 0 Å². The fourth-order valence-electron chi connectivity index (χ4n) is 2.66. The lowest BCUT2D eigenvalue weighted by atomic mass is 9.71. The minimum atomic E-state index is 0.377. The monoisotopic (exact) mass is 195 g/mol. The highest BCUT2D eigenvalue weighted by molar-refractivity contribution is 4.83. The molecule has 1 aliphatic carbocycles. The zero-order valence-electron chi connectivity index (χ0n) is 9.55. The molecule has 0 radical (unpaired) electrons. The van der Waals surface area contributed by atoms with E-state index in [0.29, 0.717) is 24.5 Å². The molecule has 1 fully saturated rings. The SMILES string of the molecule is CC1CC(OCCC#N)CC(C)(C)C1. The molecule has 2 heteroatoms. The van der Waals surface area contributed by atoms with Crippen molar-refractivity contribution in [3.05, 3.63) is 0 Å². The molecule has 1 rings (SSSR count). The van der Waals surface area contributed by atoms with E-state index in [1.54, 1.807) is 0 Å². The Hall–Kier alpha value is -0.550. The Labute approximate surface area is 87.3 Å². The highest BCUT2D eigenvalue weighted by atomic mass is 16.5. The molecule has 0 amide bonds. The summed E-state index contributed by atoms with van der Waals surface area (Å²) in [6.45, 7) is 7.51. The van der Waals surface area contributed by atoms with Crippen molar-refractivity contribution in [1.82, 2.24) is 0 Å². The molecule has 0 aromatic carbocycles. The lowest BCUT2D eigenvalue weighted by molar-refractivity contribution is -0.0205. The van der Waals surface area contributed by atoms with Crippen LogP contribution in [0.5, 0.6) is 0 Å². The molecule has 0 spiro atoms. The van der Waals surface area contributed by atoms with Crippen LogP contribution in [0, 0.1) is 22.7 Å². The number of nitriles is 1. The molecule has 0 N–H and O–H groups in total. The molecule has 80 valence electrons. The van der Waals surface area contributed by atoms with Gasteiger partial charge in [-0.25, -0.2) is 0 Å². The fraction of sp³-hybridized carbons (Fsp3) is 0.917. The van der Waals surface area contributed by atoms with Gasteiger partial charge >= 0.3 is 0 Å². The van der Waals surface area contributed by atoms with Gasteiger partial charge in [-0.3, -0.25) is 0 Å². The Morgan fingerprint density at radius 3 is 2.71 bits per heavy atom. The summed E-state index contributed by atoms with van der Waals surface area (Å²) in [7, 11) is 0. The molecular formula is C12H21NO. The lowest BCUT2D eigenvalue weighted by Gasteiger charge is -2.38. The average Bonchev–Trinajstić information content (AvgIpc) is 2.00. The maximum absolute atomic E-state index is 8.42. The first-order valence-electron chi connectivity index (χ1n) is 5.52. The standard InChI is InChI=1S/C12H21NO/c1-10-7-11(14-6-4-5-13)9-12(2,3)8-10/h10-11H,4,6-9H2,1-3H3. The van der Waals surface area contributed by atoms with Crippen LogP contribution in [0.25, 0.3) is 0 Å². The predicted molar refractivity (Wildman–Crippen MR) is 56.8 cm³/mol. The van der Waals surface area contributed by atoms with Gasteiger partial charge in [-0.15, -0.1) is 0 Å². The van der Waals surface area contributed by atoms with Crippen LogP contribution < -0.4 is 0 Å². The summed E-state index contributed by atoms with van der Waals surface area (Å²) in [6, 6.07) is 2.11. The zero-order chi connectivity index (χ0) is 10.6. The van der Waals surface area contributed by atoms with E-state index < -0.39 is 0 Å². The maximum Gasteiger partial charge on any atom is 0.0645 e. The lowest BCUT2D eigenvalue weighted by Crippen LogP contribution is -2.32. The molecule has 0 heterocycles. The summed E-state index contributed by atoms with van der Waals surface area (Å²) in [5, 5.41) is 8.42. The molecular weight excluding hydrogens is 174 g/mol. The van der Waals surface area contributed by atoms with Gasteiger partial charge in [0, 0.05) is 0 Å². The summed E-state index contributed by atoms with van der Waals surface area (Å²) in [5.41, 5.74) is 0.412. The number of hydrogen-bond acceptors (Lipinski definition) is 2. The van der Waals surface area contributed by atoms with Crippen molar-refractivity contribution in [3.8, 4) is 6.07 Å². The Kier molecular flexibility index (Phi) is 3.95. The normalized spacial score (nSPS) is 31.0. The Morgan fingerprint density at radius 2 is 2.14 bits per heavy atom. The molecule has 1 aliphatic rings. The van der Waals surface area contributed by atoms with Crippen LogP contribution in [0.3, 0.4) is 0 Å². The van der Waals surface area contributed by atoms with E-state index in [1.165, 1.54) is 6.42 Å². The zero-order valence-corrected chi connectivity index (χ0v) is 9.55. The Morgan fingerprint density at radius 1 is 1.43 bits per heavy atom. The molecule has 0 bridgehead atoms. The third kappa shape index (κ3) is 3.67. The second-order valence-electron chi connectivity index (χ2n) is 5.31. The second-order valence-corrected chi connectivity index (χ2v) is 5.31. The molecule has 2 nitrogen and oxygen atoms in total. The van der Waals surface area contributed by atoms with Gasteiger partial charge in [-0.05, 0) is 30.6 Å². The summed E-state index contributed by atoms with van der Waals surface area (Å²) < 4.78 is 5.71. The van der Waals surface area contributed by atoms with E-state index in [2.05, 4.69) is 26.8 Å². The van der Waals surface area contributed by atoms with Crippen LogP contribution in [0.4, 0.5) is 0 Å². The highest BCUT2D eigenvalue weighted by Crippen LogP contribution is 2.39. The molecule has 0 saturated heterocycles. The highest BCUT2D eigenvalue weighted by Gasteiger charge is 2.32. The largest absolute Gasteiger partial charge is 0.377 e. The van der Waals surface area contributed by atoms with E-state index in [9.17, 15) is 0 Å².